The SMILES string of the molecule is CN(C)C(=NCc1ccccc1)NCCS(=O)(=O)c1ccccc1. The monoisotopic (exact) mass is 345 g/mol. The Morgan fingerprint density at radius 1 is 1.00 bits per heavy atom. The molecule has 0 spiro atoms. The van der Waals surface area contributed by atoms with Gasteiger partial charge < -0.3 is 10.2 Å². The minimum absolute atomic E-state index is 0.0230. The molecule has 0 aliphatic heterocycles. The Hall–Kier alpha value is -2.34. The zero-order chi connectivity index (χ0) is 17.4. The fourth-order valence-corrected chi connectivity index (χ4v) is 3.33. The molecule has 24 heavy (non-hydrogen) atoms. The fraction of sp³-hybridized carbons (Fsp3) is 0.278. The van der Waals surface area contributed by atoms with E-state index in [1.165, 1.54) is 0 Å². The molecule has 0 saturated carbocycles. The molecule has 2 aromatic carbocycles. The smallest absolute Gasteiger partial charge is 0.193 e. The van der Waals surface area contributed by atoms with Crippen LogP contribution in [-0.4, -0.2) is 45.7 Å². The zero-order valence-corrected chi connectivity index (χ0v) is 14.8. The van der Waals surface area contributed by atoms with Crippen molar-refractivity contribution < 1.29 is 8.42 Å². The molecule has 2 rings (SSSR count). The maximum absolute atomic E-state index is 12.3. The van der Waals surface area contributed by atoms with Gasteiger partial charge in [-0.05, 0) is 17.7 Å². The van der Waals surface area contributed by atoms with Crippen molar-refractivity contribution in [1.29, 1.82) is 0 Å². The Morgan fingerprint density at radius 2 is 1.58 bits per heavy atom. The van der Waals surface area contributed by atoms with Gasteiger partial charge in [-0.3, -0.25) is 0 Å². The zero-order valence-electron chi connectivity index (χ0n) is 14.0. The molecule has 0 saturated heterocycles. The summed E-state index contributed by atoms with van der Waals surface area (Å²) >= 11 is 0. The largest absolute Gasteiger partial charge is 0.355 e. The van der Waals surface area contributed by atoms with Gasteiger partial charge in [0.25, 0.3) is 0 Å². The van der Waals surface area contributed by atoms with Crippen LogP contribution >= 0.6 is 0 Å². The molecule has 0 aliphatic rings. The van der Waals surface area contributed by atoms with E-state index >= 15 is 0 Å². The van der Waals surface area contributed by atoms with Crippen molar-refractivity contribution in [2.75, 3.05) is 26.4 Å². The minimum Gasteiger partial charge on any atom is -0.355 e. The number of benzene rings is 2. The molecule has 6 heteroatoms. The maximum Gasteiger partial charge on any atom is 0.193 e. The first kappa shape index (κ1) is 18.0. The molecular weight excluding hydrogens is 322 g/mol. The van der Waals surface area contributed by atoms with Crippen LogP contribution < -0.4 is 5.32 Å². The number of aliphatic imine (C=N–C) groups is 1. The molecule has 0 atom stereocenters. The van der Waals surface area contributed by atoms with Crippen LogP contribution in [0.5, 0.6) is 0 Å². The van der Waals surface area contributed by atoms with E-state index < -0.39 is 9.84 Å². The van der Waals surface area contributed by atoms with Crippen molar-refractivity contribution in [1.82, 2.24) is 10.2 Å². The van der Waals surface area contributed by atoms with E-state index in [9.17, 15) is 8.42 Å². The lowest BCUT2D eigenvalue weighted by atomic mass is 10.2. The van der Waals surface area contributed by atoms with Gasteiger partial charge in [-0.2, -0.15) is 0 Å². The second-order valence-corrected chi connectivity index (χ2v) is 7.69. The number of nitrogens with one attached hydrogen (secondary N) is 1. The van der Waals surface area contributed by atoms with Crippen molar-refractivity contribution in [2.45, 2.75) is 11.4 Å². The highest BCUT2D eigenvalue weighted by Crippen LogP contribution is 2.09. The van der Waals surface area contributed by atoms with Crippen molar-refractivity contribution in [3.8, 4) is 0 Å². The summed E-state index contributed by atoms with van der Waals surface area (Å²) in [5.41, 5.74) is 1.11. The number of hydrogen-bond donors (Lipinski definition) is 1. The van der Waals surface area contributed by atoms with E-state index in [1.54, 1.807) is 30.3 Å². The van der Waals surface area contributed by atoms with E-state index in [1.807, 2.05) is 49.3 Å². The summed E-state index contributed by atoms with van der Waals surface area (Å²) in [5, 5.41) is 3.11. The number of hydrogen-bond acceptors (Lipinski definition) is 3. The van der Waals surface area contributed by atoms with Gasteiger partial charge in [-0.15, -0.1) is 0 Å². The average molecular weight is 345 g/mol. The van der Waals surface area contributed by atoms with E-state index in [0.717, 1.165) is 5.56 Å². The lowest BCUT2D eigenvalue weighted by Gasteiger charge is -2.17. The van der Waals surface area contributed by atoms with Crippen LogP contribution in [0.3, 0.4) is 0 Å². The Balaban J connectivity index is 1.94. The summed E-state index contributed by atoms with van der Waals surface area (Å²) in [4.78, 5) is 6.71. The maximum atomic E-state index is 12.3. The predicted octanol–water partition coefficient (Wildman–Crippen LogP) is 2.17. The second kappa shape index (κ2) is 8.49. The van der Waals surface area contributed by atoms with Crippen LogP contribution in [0.25, 0.3) is 0 Å². The summed E-state index contributed by atoms with van der Waals surface area (Å²) in [6.45, 7) is 0.857. The molecule has 0 heterocycles. The number of rotatable bonds is 6. The third-order valence-corrected chi connectivity index (χ3v) is 5.17. The lowest BCUT2D eigenvalue weighted by molar-refractivity contribution is 0.576. The van der Waals surface area contributed by atoms with E-state index in [4.69, 9.17) is 0 Å². The van der Waals surface area contributed by atoms with Crippen LogP contribution in [0.2, 0.25) is 0 Å². The third kappa shape index (κ3) is 5.38. The Kier molecular flexibility index (Phi) is 6.37. The van der Waals surface area contributed by atoms with Crippen LogP contribution in [0.4, 0.5) is 0 Å². The van der Waals surface area contributed by atoms with Crippen molar-refractivity contribution in [3.63, 3.8) is 0 Å². The predicted molar refractivity (Wildman–Crippen MR) is 97.8 cm³/mol. The molecule has 128 valence electrons. The van der Waals surface area contributed by atoms with Gasteiger partial charge in [0, 0.05) is 20.6 Å². The Labute approximate surface area is 144 Å². The van der Waals surface area contributed by atoms with E-state index in [0.29, 0.717) is 23.9 Å². The number of guanidine groups is 1. The molecule has 0 aromatic heterocycles. The summed E-state index contributed by atoms with van der Waals surface area (Å²) < 4.78 is 24.5. The Morgan fingerprint density at radius 3 is 2.17 bits per heavy atom. The highest BCUT2D eigenvalue weighted by atomic mass is 32.2. The van der Waals surface area contributed by atoms with Crippen LogP contribution in [0, 0.1) is 0 Å². The molecule has 0 aliphatic carbocycles. The van der Waals surface area contributed by atoms with Gasteiger partial charge in [0.05, 0.1) is 17.2 Å². The molecule has 0 bridgehead atoms. The van der Waals surface area contributed by atoms with Gasteiger partial charge in [0.15, 0.2) is 15.8 Å². The van der Waals surface area contributed by atoms with Gasteiger partial charge in [0.1, 0.15) is 0 Å². The van der Waals surface area contributed by atoms with E-state index in [-0.39, 0.29) is 5.75 Å². The molecule has 2 aromatic rings. The molecule has 1 N–H and O–H groups in total. The van der Waals surface area contributed by atoms with Crippen molar-refractivity contribution >= 4 is 15.8 Å². The minimum atomic E-state index is -3.28. The van der Waals surface area contributed by atoms with Gasteiger partial charge in [-0.25, -0.2) is 13.4 Å². The number of nitrogens with zero attached hydrogens (tertiary/aromatic N) is 2. The first-order chi connectivity index (χ1) is 11.5. The van der Waals surface area contributed by atoms with Crippen molar-refractivity contribution in [2.24, 2.45) is 4.99 Å². The standard InChI is InChI=1S/C18H23N3O2S/c1-21(2)18(20-15-16-9-5-3-6-10-16)19-13-14-24(22,23)17-11-7-4-8-12-17/h3-12H,13-15H2,1-2H3,(H,19,20). The molecule has 0 unspecified atom stereocenters. The first-order valence-corrected chi connectivity index (χ1v) is 9.41. The molecular formula is C18H23N3O2S. The topological polar surface area (TPSA) is 61.8 Å². The second-order valence-electron chi connectivity index (χ2n) is 5.58. The van der Waals surface area contributed by atoms with Gasteiger partial charge >= 0.3 is 0 Å². The highest BCUT2D eigenvalue weighted by molar-refractivity contribution is 7.91. The van der Waals surface area contributed by atoms with Crippen molar-refractivity contribution in [3.05, 3.63) is 66.2 Å². The summed E-state index contributed by atoms with van der Waals surface area (Å²) in [7, 11) is 0.470. The third-order valence-electron chi connectivity index (χ3n) is 3.43. The molecule has 0 radical (unpaired) electrons. The highest BCUT2D eigenvalue weighted by Gasteiger charge is 2.13. The van der Waals surface area contributed by atoms with E-state index in [2.05, 4.69) is 10.3 Å². The Bertz CT molecular complexity index is 757. The lowest BCUT2D eigenvalue weighted by Crippen LogP contribution is -2.38. The average Bonchev–Trinajstić information content (AvgIpc) is 2.59. The summed E-state index contributed by atoms with van der Waals surface area (Å²) in [6.07, 6.45) is 0. The molecule has 0 fully saturated rings. The summed E-state index contributed by atoms with van der Waals surface area (Å²) in [5.74, 6) is 0.692. The van der Waals surface area contributed by atoms with Gasteiger partial charge in [-0.1, -0.05) is 48.5 Å². The quantitative estimate of drug-likeness (QED) is 0.644. The van der Waals surface area contributed by atoms with Crippen LogP contribution in [-0.2, 0) is 16.4 Å². The molecule has 0 amide bonds. The summed E-state index contributed by atoms with van der Waals surface area (Å²) in [6, 6.07) is 18.4. The fourth-order valence-electron chi connectivity index (χ4n) is 2.15. The molecule has 5 nitrogen and oxygen atoms in total. The van der Waals surface area contributed by atoms with Gasteiger partial charge in [0.2, 0.25) is 0 Å². The van der Waals surface area contributed by atoms with Crippen LogP contribution in [0.1, 0.15) is 5.56 Å². The normalized spacial score (nSPS) is 12.0. The first-order valence-electron chi connectivity index (χ1n) is 7.76. The number of sulfone groups is 1. The van der Waals surface area contributed by atoms with Crippen LogP contribution in [0.15, 0.2) is 70.6 Å².